The van der Waals surface area contributed by atoms with Crippen LogP contribution in [0.25, 0.3) is 0 Å². The molecule has 1 amide bonds. The van der Waals surface area contributed by atoms with Gasteiger partial charge in [-0.1, -0.05) is 12.1 Å². The van der Waals surface area contributed by atoms with Crippen LogP contribution in [0, 0.1) is 0 Å². The SMILES string of the molecule is C/C=C1/C(=O)N2CCCc3nc(NCc4ccc(Oc5ccc(C(F)(F)F)nc5)nc4)nc(c32)N1CC. The molecule has 37 heavy (non-hydrogen) atoms. The Hall–Kier alpha value is -4.22. The highest BCUT2D eigenvalue weighted by Gasteiger charge is 2.38. The third kappa shape index (κ3) is 4.78. The smallest absolute Gasteiger partial charge is 0.433 e. The van der Waals surface area contributed by atoms with Gasteiger partial charge in [0.05, 0.1) is 11.9 Å². The number of pyridine rings is 2. The largest absolute Gasteiger partial charge is 0.437 e. The van der Waals surface area contributed by atoms with Gasteiger partial charge >= 0.3 is 6.18 Å². The van der Waals surface area contributed by atoms with Gasteiger partial charge in [0.1, 0.15) is 22.8 Å². The van der Waals surface area contributed by atoms with Crippen LogP contribution >= 0.6 is 0 Å². The second-order valence-corrected chi connectivity index (χ2v) is 8.48. The van der Waals surface area contributed by atoms with E-state index < -0.39 is 11.9 Å². The minimum atomic E-state index is -4.51. The second kappa shape index (κ2) is 9.68. The number of halogens is 3. The number of carbonyl (C=O) groups excluding carboxylic acids is 1. The summed E-state index contributed by atoms with van der Waals surface area (Å²) in [6.07, 6.45) is 1.50. The topological polar surface area (TPSA) is 96.4 Å². The fourth-order valence-corrected chi connectivity index (χ4v) is 4.38. The molecule has 0 spiro atoms. The molecule has 2 aliphatic rings. The van der Waals surface area contributed by atoms with E-state index in [1.165, 1.54) is 6.07 Å². The summed E-state index contributed by atoms with van der Waals surface area (Å²) in [6.45, 7) is 5.46. The van der Waals surface area contributed by atoms with Crippen molar-refractivity contribution < 1.29 is 22.7 Å². The minimum Gasteiger partial charge on any atom is -0.437 e. The standard InChI is InChI=1S/C25H24F3N7O2/c1-3-18-23(36)35-11-5-6-17-21(35)22(34(18)4-2)33-24(32-17)31-13-15-7-10-20(30-12-15)37-16-8-9-19(29-14-16)25(26,27)28/h3,7-10,12,14H,4-6,11,13H2,1-2H3,(H,31,32,33)/b18-3-. The summed E-state index contributed by atoms with van der Waals surface area (Å²) in [5, 5.41) is 3.23. The number of likely N-dealkylation sites (N-methyl/N-ethyl adjacent to an activating group) is 1. The second-order valence-electron chi connectivity index (χ2n) is 8.48. The van der Waals surface area contributed by atoms with Crippen molar-refractivity contribution in [2.24, 2.45) is 0 Å². The lowest BCUT2D eigenvalue weighted by molar-refractivity contribution is -0.141. The zero-order chi connectivity index (χ0) is 26.2. The normalized spacial score (nSPS) is 16.1. The summed E-state index contributed by atoms with van der Waals surface area (Å²) in [5.41, 5.74) is 2.07. The molecule has 0 aliphatic carbocycles. The third-order valence-electron chi connectivity index (χ3n) is 6.10. The van der Waals surface area contributed by atoms with Crippen molar-refractivity contribution in [3.8, 4) is 11.6 Å². The first-order chi connectivity index (χ1) is 17.8. The van der Waals surface area contributed by atoms with Crippen LogP contribution in [0.3, 0.4) is 0 Å². The molecule has 5 rings (SSSR count). The van der Waals surface area contributed by atoms with E-state index in [9.17, 15) is 18.0 Å². The molecule has 0 atom stereocenters. The highest BCUT2D eigenvalue weighted by Crippen LogP contribution is 2.41. The maximum Gasteiger partial charge on any atom is 0.433 e. The first kappa shape index (κ1) is 24.5. The van der Waals surface area contributed by atoms with Crippen molar-refractivity contribution in [2.45, 2.75) is 39.4 Å². The number of aromatic nitrogens is 4. The van der Waals surface area contributed by atoms with Crippen LogP contribution in [0.5, 0.6) is 11.6 Å². The van der Waals surface area contributed by atoms with Crippen LogP contribution in [-0.4, -0.2) is 38.9 Å². The monoisotopic (exact) mass is 511 g/mol. The third-order valence-corrected chi connectivity index (χ3v) is 6.10. The van der Waals surface area contributed by atoms with Crippen LogP contribution in [0.2, 0.25) is 0 Å². The van der Waals surface area contributed by atoms with Gasteiger partial charge in [-0.05, 0) is 44.4 Å². The average Bonchev–Trinajstić information content (AvgIpc) is 2.89. The van der Waals surface area contributed by atoms with Crippen molar-refractivity contribution in [1.29, 1.82) is 0 Å². The number of hydrogen-bond donors (Lipinski definition) is 1. The summed E-state index contributed by atoms with van der Waals surface area (Å²) in [6, 6.07) is 5.45. The van der Waals surface area contributed by atoms with E-state index in [-0.39, 0.29) is 17.5 Å². The molecular weight excluding hydrogens is 487 g/mol. The van der Waals surface area contributed by atoms with Crippen LogP contribution in [-0.2, 0) is 23.9 Å². The van der Waals surface area contributed by atoms with E-state index in [0.29, 0.717) is 31.3 Å². The van der Waals surface area contributed by atoms with E-state index in [4.69, 9.17) is 9.72 Å². The Morgan fingerprint density at radius 3 is 2.62 bits per heavy atom. The molecule has 1 N–H and O–H groups in total. The molecule has 0 bridgehead atoms. The molecule has 0 saturated carbocycles. The first-order valence-corrected chi connectivity index (χ1v) is 11.8. The Kier molecular flexibility index (Phi) is 6.40. The highest BCUT2D eigenvalue weighted by atomic mass is 19.4. The van der Waals surface area contributed by atoms with Gasteiger partial charge in [0, 0.05) is 31.9 Å². The van der Waals surface area contributed by atoms with Crippen molar-refractivity contribution in [1.82, 2.24) is 19.9 Å². The number of aryl methyl sites for hydroxylation is 1. The van der Waals surface area contributed by atoms with Crippen LogP contribution < -0.4 is 19.9 Å². The maximum absolute atomic E-state index is 13.0. The molecule has 3 aromatic rings. The summed E-state index contributed by atoms with van der Waals surface area (Å²) in [4.78, 5) is 33.7. The molecule has 0 unspecified atom stereocenters. The summed E-state index contributed by atoms with van der Waals surface area (Å²) < 4.78 is 43.5. The molecule has 0 fully saturated rings. The van der Waals surface area contributed by atoms with Gasteiger partial charge < -0.3 is 19.9 Å². The van der Waals surface area contributed by atoms with Gasteiger partial charge in [0.25, 0.3) is 5.91 Å². The van der Waals surface area contributed by atoms with E-state index in [2.05, 4.69) is 20.3 Å². The zero-order valence-electron chi connectivity index (χ0n) is 20.2. The number of anilines is 3. The van der Waals surface area contributed by atoms with E-state index in [1.807, 2.05) is 24.8 Å². The Morgan fingerprint density at radius 2 is 1.97 bits per heavy atom. The minimum absolute atomic E-state index is 0.0254. The zero-order valence-corrected chi connectivity index (χ0v) is 20.2. The van der Waals surface area contributed by atoms with Crippen LogP contribution in [0.15, 0.2) is 48.4 Å². The summed E-state index contributed by atoms with van der Waals surface area (Å²) >= 11 is 0. The highest BCUT2D eigenvalue weighted by molar-refractivity contribution is 6.13. The summed E-state index contributed by atoms with van der Waals surface area (Å²) in [7, 11) is 0. The average molecular weight is 512 g/mol. The maximum atomic E-state index is 13.0. The van der Waals surface area contributed by atoms with Crippen molar-refractivity contribution in [3.63, 3.8) is 0 Å². The molecule has 12 heteroatoms. The number of allylic oxidation sites excluding steroid dienone is 1. The van der Waals surface area contributed by atoms with E-state index >= 15 is 0 Å². The number of rotatable bonds is 6. The fraction of sp³-hybridized carbons (Fsp3) is 0.320. The van der Waals surface area contributed by atoms with Crippen LogP contribution in [0.1, 0.15) is 37.2 Å². The van der Waals surface area contributed by atoms with Crippen molar-refractivity contribution >= 4 is 23.4 Å². The molecule has 0 saturated heterocycles. The number of hydrogen-bond acceptors (Lipinski definition) is 8. The molecule has 9 nitrogen and oxygen atoms in total. The number of alkyl halides is 3. The Morgan fingerprint density at radius 1 is 1.14 bits per heavy atom. The van der Waals surface area contributed by atoms with Gasteiger partial charge in [-0.25, -0.2) is 15.0 Å². The number of carbonyl (C=O) groups is 1. The number of ether oxygens (including phenoxy) is 1. The van der Waals surface area contributed by atoms with E-state index in [1.54, 1.807) is 23.2 Å². The Bertz CT molecular complexity index is 1340. The van der Waals surface area contributed by atoms with Gasteiger partial charge in [-0.2, -0.15) is 18.2 Å². The van der Waals surface area contributed by atoms with Crippen molar-refractivity contribution in [3.05, 3.63) is 65.4 Å². The summed E-state index contributed by atoms with van der Waals surface area (Å²) in [5.74, 6) is 1.52. The fourth-order valence-electron chi connectivity index (χ4n) is 4.38. The lowest BCUT2D eigenvalue weighted by atomic mass is 10.0. The van der Waals surface area contributed by atoms with Crippen LogP contribution in [0.4, 0.5) is 30.6 Å². The van der Waals surface area contributed by atoms with Gasteiger partial charge in [-0.15, -0.1) is 0 Å². The molecule has 5 heterocycles. The number of nitrogens with zero attached hydrogens (tertiary/aromatic N) is 6. The molecular formula is C25H24F3N7O2. The number of nitrogens with one attached hydrogen (secondary N) is 1. The number of amides is 1. The predicted octanol–water partition coefficient (Wildman–Crippen LogP) is 4.71. The molecule has 0 aromatic carbocycles. The Balaban J connectivity index is 1.30. The predicted molar refractivity (Wildman–Crippen MR) is 130 cm³/mol. The molecule has 192 valence electrons. The van der Waals surface area contributed by atoms with Gasteiger partial charge in [0.2, 0.25) is 11.8 Å². The Labute approximate surface area is 211 Å². The molecule has 3 aromatic heterocycles. The molecule has 0 radical (unpaired) electrons. The van der Waals surface area contributed by atoms with E-state index in [0.717, 1.165) is 47.9 Å². The molecule has 2 aliphatic heterocycles. The first-order valence-electron chi connectivity index (χ1n) is 11.8. The lowest BCUT2D eigenvalue weighted by Crippen LogP contribution is -2.47. The van der Waals surface area contributed by atoms with Crippen molar-refractivity contribution in [2.75, 3.05) is 28.2 Å². The quantitative estimate of drug-likeness (QED) is 0.476. The van der Waals surface area contributed by atoms with Gasteiger partial charge in [-0.3, -0.25) is 4.79 Å². The lowest BCUT2D eigenvalue weighted by Gasteiger charge is -2.40. The van der Waals surface area contributed by atoms with Gasteiger partial charge in [0.15, 0.2) is 5.82 Å².